The van der Waals surface area contributed by atoms with Crippen LogP contribution in [-0.2, 0) is 0 Å². The van der Waals surface area contributed by atoms with E-state index in [1.54, 1.807) is 24.1 Å². The first-order valence-corrected chi connectivity index (χ1v) is 5.36. The Labute approximate surface area is 96.0 Å². The zero-order valence-corrected chi connectivity index (χ0v) is 9.77. The minimum absolute atomic E-state index is 0.00755. The van der Waals surface area contributed by atoms with Crippen LogP contribution < -0.4 is 10.5 Å². The summed E-state index contributed by atoms with van der Waals surface area (Å²) >= 11 is 0. The maximum absolute atomic E-state index is 12.0. The Balaban J connectivity index is 2.85. The van der Waals surface area contributed by atoms with Crippen molar-refractivity contribution in [1.82, 2.24) is 4.90 Å². The van der Waals surface area contributed by atoms with E-state index in [1.807, 2.05) is 19.1 Å². The molecule has 2 N–H and O–H groups in total. The van der Waals surface area contributed by atoms with E-state index in [4.69, 9.17) is 10.5 Å². The molecule has 1 amide bonds. The molecule has 0 aliphatic rings. The molecule has 0 unspecified atom stereocenters. The van der Waals surface area contributed by atoms with Gasteiger partial charge in [0.1, 0.15) is 5.75 Å². The highest BCUT2D eigenvalue weighted by molar-refractivity contribution is 5.94. The summed E-state index contributed by atoms with van der Waals surface area (Å²) in [5.74, 6) is 0.682. The number of carbonyl (C=O) groups is 1. The molecule has 0 radical (unpaired) electrons. The largest absolute Gasteiger partial charge is 0.497 e. The Morgan fingerprint density at radius 3 is 2.81 bits per heavy atom. The molecule has 16 heavy (non-hydrogen) atoms. The molecular formula is C12H18N2O2. The monoisotopic (exact) mass is 222 g/mol. The van der Waals surface area contributed by atoms with Crippen molar-refractivity contribution in [1.29, 1.82) is 0 Å². The van der Waals surface area contributed by atoms with E-state index >= 15 is 0 Å². The zero-order chi connectivity index (χ0) is 12.0. The van der Waals surface area contributed by atoms with Gasteiger partial charge in [-0.3, -0.25) is 4.79 Å². The second kappa shape index (κ2) is 6.12. The fraction of sp³-hybridized carbons (Fsp3) is 0.417. The number of nitrogens with zero attached hydrogens (tertiary/aromatic N) is 1. The molecule has 0 saturated carbocycles. The van der Waals surface area contributed by atoms with Gasteiger partial charge in [0.2, 0.25) is 0 Å². The van der Waals surface area contributed by atoms with Crippen molar-refractivity contribution in [3.05, 3.63) is 29.8 Å². The summed E-state index contributed by atoms with van der Waals surface area (Å²) < 4.78 is 5.08. The number of amides is 1. The van der Waals surface area contributed by atoms with Crippen LogP contribution in [0.5, 0.6) is 5.75 Å². The Bertz CT molecular complexity index is 353. The quantitative estimate of drug-likeness (QED) is 0.812. The van der Waals surface area contributed by atoms with Crippen LogP contribution in [-0.4, -0.2) is 37.6 Å². The van der Waals surface area contributed by atoms with E-state index in [0.717, 1.165) is 0 Å². The molecule has 0 saturated heterocycles. The van der Waals surface area contributed by atoms with Gasteiger partial charge in [-0.05, 0) is 25.1 Å². The number of rotatable bonds is 5. The van der Waals surface area contributed by atoms with Crippen molar-refractivity contribution in [2.75, 3.05) is 26.7 Å². The molecule has 0 fully saturated rings. The predicted octanol–water partition coefficient (Wildman–Crippen LogP) is 1.12. The second-order valence-electron chi connectivity index (χ2n) is 3.41. The van der Waals surface area contributed by atoms with Crippen molar-refractivity contribution in [2.24, 2.45) is 5.73 Å². The molecule has 0 spiro atoms. The summed E-state index contributed by atoms with van der Waals surface area (Å²) in [6, 6.07) is 7.14. The molecular weight excluding hydrogens is 204 g/mol. The lowest BCUT2D eigenvalue weighted by Crippen LogP contribution is -2.35. The smallest absolute Gasteiger partial charge is 0.254 e. The first kappa shape index (κ1) is 12.5. The van der Waals surface area contributed by atoms with Gasteiger partial charge in [-0.25, -0.2) is 0 Å². The molecule has 1 aromatic carbocycles. The van der Waals surface area contributed by atoms with Gasteiger partial charge in [-0.15, -0.1) is 0 Å². The van der Waals surface area contributed by atoms with Crippen molar-refractivity contribution >= 4 is 5.91 Å². The third kappa shape index (κ3) is 2.97. The second-order valence-corrected chi connectivity index (χ2v) is 3.41. The normalized spacial score (nSPS) is 9.94. The Morgan fingerprint density at radius 2 is 2.25 bits per heavy atom. The summed E-state index contributed by atoms with van der Waals surface area (Å²) in [4.78, 5) is 13.8. The first-order valence-electron chi connectivity index (χ1n) is 5.36. The number of ether oxygens (including phenoxy) is 1. The van der Waals surface area contributed by atoms with Crippen LogP contribution in [0.25, 0.3) is 0 Å². The third-order valence-electron chi connectivity index (χ3n) is 2.38. The van der Waals surface area contributed by atoms with Gasteiger partial charge < -0.3 is 15.4 Å². The molecule has 1 rings (SSSR count). The molecule has 88 valence electrons. The number of hydrogen-bond acceptors (Lipinski definition) is 3. The van der Waals surface area contributed by atoms with Gasteiger partial charge in [0.25, 0.3) is 5.91 Å². The summed E-state index contributed by atoms with van der Waals surface area (Å²) in [6.45, 7) is 3.65. The topological polar surface area (TPSA) is 55.6 Å². The highest BCUT2D eigenvalue weighted by Crippen LogP contribution is 2.14. The van der Waals surface area contributed by atoms with E-state index in [1.165, 1.54) is 0 Å². The summed E-state index contributed by atoms with van der Waals surface area (Å²) in [7, 11) is 1.58. The Hall–Kier alpha value is -1.55. The average Bonchev–Trinajstić information content (AvgIpc) is 2.35. The lowest BCUT2D eigenvalue weighted by atomic mass is 10.2. The fourth-order valence-corrected chi connectivity index (χ4v) is 1.50. The van der Waals surface area contributed by atoms with Crippen LogP contribution in [0, 0.1) is 0 Å². The third-order valence-corrected chi connectivity index (χ3v) is 2.38. The van der Waals surface area contributed by atoms with E-state index < -0.39 is 0 Å². The van der Waals surface area contributed by atoms with E-state index in [2.05, 4.69) is 0 Å². The fourth-order valence-electron chi connectivity index (χ4n) is 1.50. The lowest BCUT2D eigenvalue weighted by Gasteiger charge is -2.20. The molecule has 1 aromatic rings. The minimum atomic E-state index is -0.00755. The maximum atomic E-state index is 12.0. The molecule has 0 atom stereocenters. The van der Waals surface area contributed by atoms with Crippen LogP contribution in [0.15, 0.2) is 24.3 Å². The Kier molecular flexibility index (Phi) is 4.79. The highest BCUT2D eigenvalue weighted by atomic mass is 16.5. The van der Waals surface area contributed by atoms with Crippen molar-refractivity contribution in [3.63, 3.8) is 0 Å². The number of nitrogens with two attached hydrogens (primary N) is 1. The number of carbonyl (C=O) groups excluding carboxylic acids is 1. The predicted molar refractivity (Wildman–Crippen MR) is 63.6 cm³/mol. The number of methoxy groups -OCH3 is 1. The van der Waals surface area contributed by atoms with Crippen LogP contribution in [0.4, 0.5) is 0 Å². The van der Waals surface area contributed by atoms with Crippen molar-refractivity contribution < 1.29 is 9.53 Å². The van der Waals surface area contributed by atoms with Crippen molar-refractivity contribution in [2.45, 2.75) is 6.92 Å². The van der Waals surface area contributed by atoms with Gasteiger partial charge in [0.05, 0.1) is 7.11 Å². The molecule has 0 aromatic heterocycles. The van der Waals surface area contributed by atoms with Gasteiger partial charge >= 0.3 is 0 Å². The molecule has 4 nitrogen and oxygen atoms in total. The number of hydrogen-bond donors (Lipinski definition) is 1. The number of likely N-dealkylation sites (N-methyl/N-ethyl adjacent to an activating group) is 1. The standard InChI is InChI=1S/C12H18N2O2/c1-3-14(8-7-13)12(15)10-5-4-6-11(9-10)16-2/h4-6,9H,3,7-8,13H2,1-2H3. The molecule has 0 aliphatic carbocycles. The van der Waals surface area contributed by atoms with Crippen LogP contribution in [0.2, 0.25) is 0 Å². The average molecular weight is 222 g/mol. The summed E-state index contributed by atoms with van der Waals surface area (Å²) in [5, 5.41) is 0. The van der Waals surface area contributed by atoms with Crippen molar-refractivity contribution in [3.8, 4) is 5.75 Å². The van der Waals surface area contributed by atoms with Gasteiger partial charge in [0, 0.05) is 25.2 Å². The number of benzene rings is 1. The SMILES string of the molecule is CCN(CCN)C(=O)c1cccc(OC)c1. The molecule has 0 heterocycles. The van der Waals surface area contributed by atoms with E-state index in [0.29, 0.717) is 30.9 Å². The Morgan fingerprint density at radius 1 is 1.50 bits per heavy atom. The summed E-state index contributed by atoms with van der Waals surface area (Å²) in [5.41, 5.74) is 6.09. The first-order chi connectivity index (χ1) is 7.72. The summed E-state index contributed by atoms with van der Waals surface area (Å²) in [6.07, 6.45) is 0. The molecule has 4 heteroatoms. The van der Waals surface area contributed by atoms with Crippen LogP contribution >= 0.6 is 0 Å². The zero-order valence-electron chi connectivity index (χ0n) is 9.77. The van der Waals surface area contributed by atoms with Gasteiger partial charge in [-0.1, -0.05) is 6.07 Å². The molecule has 0 bridgehead atoms. The van der Waals surface area contributed by atoms with Gasteiger partial charge in [0.15, 0.2) is 0 Å². The minimum Gasteiger partial charge on any atom is -0.497 e. The lowest BCUT2D eigenvalue weighted by molar-refractivity contribution is 0.0768. The maximum Gasteiger partial charge on any atom is 0.254 e. The highest BCUT2D eigenvalue weighted by Gasteiger charge is 2.13. The van der Waals surface area contributed by atoms with E-state index in [9.17, 15) is 4.79 Å². The van der Waals surface area contributed by atoms with Gasteiger partial charge in [-0.2, -0.15) is 0 Å². The van der Waals surface area contributed by atoms with Crippen LogP contribution in [0.3, 0.4) is 0 Å². The van der Waals surface area contributed by atoms with Crippen LogP contribution in [0.1, 0.15) is 17.3 Å². The van der Waals surface area contributed by atoms with E-state index in [-0.39, 0.29) is 5.91 Å². The molecule has 0 aliphatic heterocycles.